The zero-order chi connectivity index (χ0) is 25.4. The number of allylic oxidation sites excluding steroid dienone is 1. The molecule has 0 bridgehead atoms. The van der Waals surface area contributed by atoms with E-state index in [-0.39, 0.29) is 11.1 Å². The van der Waals surface area contributed by atoms with E-state index >= 15 is 0 Å². The highest BCUT2D eigenvalue weighted by Crippen LogP contribution is 2.38. The number of imide groups is 1. The Morgan fingerprint density at radius 1 is 1.00 bits per heavy atom. The third kappa shape index (κ3) is 4.79. The molecule has 1 aliphatic carbocycles. The quantitative estimate of drug-likeness (QED) is 0.318. The Balaban J connectivity index is 1.20. The van der Waals surface area contributed by atoms with Crippen LogP contribution in [0.3, 0.4) is 0 Å². The highest BCUT2D eigenvalue weighted by atomic mass is 32.2. The number of aromatic nitrogens is 4. The van der Waals surface area contributed by atoms with Gasteiger partial charge in [0, 0.05) is 18.7 Å². The lowest BCUT2D eigenvalue weighted by Crippen LogP contribution is -2.30. The second kappa shape index (κ2) is 9.70. The molecule has 10 heteroatoms. The number of benzene rings is 2. The standard InChI is InChI=1S/C27H24N6O3S/c28-24-22-23(18-9-11-20(12-10-18)36-19-5-2-1-3-6-19)31-33(25(22)30-16-29-24)14-4-13-32-26(34)21(37-27(32)35)15-17-7-8-17/h1-3,5-6,9-12,15-17H,4,7-8,13-14H2,(H2,28,29,30)/b21-15+. The minimum absolute atomic E-state index is 0.197. The van der Waals surface area contributed by atoms with Crippen LogP contribution in [0.25, 0.3) is 22.3 Å². The first-order valence-corrected chi connectivity index (χ1v) is 12.9. The molecule has 9 nitrogen and oxygen atoms in total. The predicted octanol–water partition coefficient (Wildman–Crippen LogP) is 5.25. The van der Waals surface area contributed by atoms with E-state index in [4.69, 9.17) is 15.6 Å². The van der Waals surface area contributed by atoms with E-state index in [9.17, 15) is 9.59 Å². The lowest BCUT2D eigenvalue weighted by Gasteiger charge is -2.12. The third-order valence-electron chi connectivity index (χ3n) is 6.30. The number of carbonyl (C=O) groups excluding carboxylic acids is 2. The molecular formula is C27H24N6O3S. The Hall–Kier alpha value is -4.18. The van der Waals surface area contributed by atoms with Crippen LogP contribution in [0.1, 0.15) is 19.3 Å². The molecule has 6 rings (SSSR count). The van der Waals surface area contributed by atoms with Gasteiger partial charge in [-0.15, -0.1) is 0 Å². The molecule has 3 heterocycles. The molecule has 0 radical (unpaired) electrons. The number of thioether (sulfide) groups is 1. The number of hydrogen-bond acceptors (Lipinski definition) is 8. The first-order valence-electron chi connectivity index (χ1n) is 12.1. The van der Waals surface area contributed by atoms with E-state index in [1.54, 1.807) is 4.68 Å². The van der Waals surface area contributed by atoms with Crippen molar-refractivity contribution in [1.29, 1.82) is 0 Å². The van der Waals surface area contributed by atoms with E-state index in [1.807, 2.05) is 60.7 Å². The Bertz CT molecular complexity index is 1510. The normalized spacial score (nSPS) is 16.8. The molecule has 0 atom stereocenters. The molecule has 37 heavy (non-hydrogen) atoms. The third-order valence-corrected chi connectivity index (χ3v) is 7.23. The van der Waals surface area contributed by atoms with Crippen molar-refractivity contribution in [3.8, 4) is 22.8 Å². The average Bonchev–Trinajstić information content (AvgIpc) is 3.59. The van der Waals surface area contributed by atoms with Crippen LogP contribution >= 0.6 is 11.8 Å². The molecule has 2 aliphatic rings. The monoisotopic (exact) mass is 512 g/mol. The van der Waals surface area contributed by atoms with Crippen LogP contribution in [0, 0.1) is 5.92 Å². The van der Waals surface area contributed by atoms with E-state index < -0.39 is 0 Å². The van der Waals surface area contributed by atoms with Crippen molar-refractivity contribution in [3.63, 3.8) is 0 Å². The van der Waals surface area contributed by atoms with Gasteiger partial charge in [-0.2, -0.15) is 5.10 Å². The van der Waals surface area contributed by atoms with Gasteiger partial charge < -0.3 is 10.5 Å². The lowest BCUT2D eigenvalue weighted by atomic mass is 10.1. The Morgan fingerprint density at radius 2 is 1.76 bits per heavy atom. The average molecular weight is 513 g/mol. The minimum atomic E-state index is -0.215. The number of anilines is 1. The van der Waals surface area contributed by atoms with Crippen molar-refractivity contribution in [1.82, 2.24) is 24.6 Å². The van der Waals surface area contributed by atoms with Gasteiger partial charge in [-0.1, -0.05) is 24.3 Å². The molecule has 2 aromatic heterocycles. The van der Waals surface area contributed by atoms with E-state index in [0.717, 1.165) is 35.9 Å². The number of carbonyl (C=O) groups is 2. The minimum Gasteiger partial charge on any atom is -0.457 e. The Kier molecular flexibility index (Phi) is 6.09. The first kappa shape index (κ1) is 23.2. The lowest BCUT2D eigenvalue weighted by molar-refractivity contribution is -0.122. The maximum atomic E-state index is 12.7. The smallest absolute Gasteiger partial charge is 0.293 e. The number of ether oxygens (including phenoxy) is 1. The van der Waals surface area contributed by atoms with E-state index in [2.05, 4.69) is 9.97 Å². The van der Waals surface area contributed by atoms with Gasteiger partial charge >= 0.3 is 0 Å². The number of aryl methyl sites for hydroxylation is 1. The number of nitrogen functional groups attached to an aromatic ring is 1. The molecule has 2 fully saturated rings. The van der Waals surface area contributed by atoms with Crippen LogP contribution in [0.2, 0.25) is 0 Å². The van der Waals surface area contributed by atoms with Gasteiger partial charge in [0.05, 0.1) is 10.3 Å². The van der Waals surface area contributed by atoms with Gasteiger partial charge in [-0.05, 0) is 73.3 Å². The molecule has 0 spiro atoms. The summed E-state index contributed by atoms with van der Waals surface area (Å²) in [6.07, 6.45) is 6.07. The van der Waals surface area contributed by atoms with Crippen LogP contribution in [-0.4, -0.2) is 42.3 Å². The number of fused-ring (bicyclic) bond motifs is 1. The second-order valence-electron chi connectivity index (χ2n) is 9.02. The number of para-hydroxylation sites is 1. The molecule has 2 aromatic carbocycles. The van der Waals surface area contributed by atoms with Crippen molar-refractivity contribution in [3.05, 3.63) is 71.9 Å². The number of nitrogens with zero attached hydrogens (tertiary/aromatic N) is 5. The van der Waals surface area contributed by atoms with Gasteiger partial charge in [0.1, 0.15) is 29.3 Å². The van der Waals surface area contributed by atoms with Crippen molar-refractivity contribution < 1.29 is 14.3 Å². The SMILES string of the molecule is Nc1ncnc2c1c(-c1ccc(Oc3ccccc3)cc1)nn2CCCN1C(=O)S/C(=C/C2CC2)C1=O. The molecule has 1 saturated carbocycles. The highest BCUT2D eigenvalue weighted by Gasteiger charge is 2.36. The number of rotatable bonds is 8. The summed E-state index contributed by atoms with van der Waals surface area (Å²) < 4.78 is 7.66. The van der Waals surface area contributed by atoms with Crippen molar-refractivity contribution in [2.75, 3.05) is 12.3 Å². The summed E-state index contributed by atoms with van der Waals surface area (Å²) in [5, 5.41) is 5.24. The van der Waals surface area contributed by atoms with Gasteiger partial charge in [-0.25, -0.2) is 14.6 Å². The molecule has 2 amide bonds. The van der Waals surface area contributed by atoms with Crippen molar-refractivity contribution >= 4 is 39.8 Å². The molecular weight excluding hydrogens is 488 g/mol. The second-order valence-corrected chi connectivity index (χ2v) is 10.0. The fourth-order valence-corrected chi connectivity index (χ4v) is 5.19. The summed E-state index contributed by atoms with van der Waals surface area (Å²) in [7, 11) is 0. The topological polar surface area (TPSA) is 116 Å². The molecule has 4 aromatic rings. The predicted molar refractivity (Wildman–Crippen MR) is 142 cm³/mol. The number of amides is 2. The van der Waals surface area contributed by atoms with Gasteiger partial charge in [0.25, 0.3) is 11.1 Å². The molecule has 2 N–H and O–H groups in total. The van der Waals surface area contributed by atoms with Crippen LogP contribution < -0.4 is 10.5 Å². The summed E-state index contributed by atoms with van der Waals surface area (Å²) >= 11 is 1.03. The van der Waals surface area contributed by atoms with Crippen LogP contribution in [0.5, 0.6) is 11.5 Å². The zero-order valence-electron chi connectivity index (χ0n) is 19.9. The first-order chi connectivity index (χ1) is 18.1. The fraction of sp³-hybridized carbons (Fsp3) is 0.222. The molecule has 1 aliphatic heterocycles. The summed E-state index contributed by atoms with van der Waals surface area (Å²) in [6, 6.07) is 17.2. The maximum Gasteiger partial charge on any atom is 0.293 e. The van der Waals surface area contributed by atoms with Gasteiger partial charge in [-0.3, -0.25) is 14.5 Å². The van der Waals surface area contributed by atoms with Gasteiger partial charge in [0.2, 0.25) is 0 Å². The molecule has 186 valence electrons. The Morgan fingerprint density at radius 3 is 2.51 bits per heavy atom. The number of hydrogen-bond donors (Lipinski definition) is 1. The summed E-state index contributed by atoms with van der Waals surface area (Å²) in [6.45, 7) is 0.779. The summed E-state index contributed by atoms with van der Waals surface area (Å²) in [4.78, 5) is 35.5. The van der Waals surface area contributed by atoms with Gasteiger partial charge in [0.15, 0.2) is 5.65 Å². The van der Waals surface area contributed by atoms with E-state index in [0.29, 0.717) is 58.6 Å². The summed E-state index contributed by atoms with van der Waals surface area (Å²) in [5.74, 6) is 2.04. The molecule has 0 unspecified atom stereocenters. The van der Waals surface area contributed by atoms with Crippen LogP contribution in [0.4, 0.5) is 10.6 Å². The van der Waals surface area contributed by atoms with Crippen LogP contribution in [0.15, 0.2) is 71.9 Å². The Labute approximate surface area is 217 Å². The zero-order valence-corrected chi connectivity index (χ0v) is 20.7. The van der Waals surface area contributed by atoms with E-state index in [1.165, 1.54) is 11.2 Å². The largest absolute Gasteiger partial charge is 0.457 e. The van der Waals surface area contributed by atoms with Crippen molar-refractivity contribution in [2.24, 2.45) is 5.92 Å². The van der Waals surface area contributed by atoms with Crippen molar-refractivity contribution in [2.45, 2.75) is 25.8 Å². The number of nitrogens with two attached hydrogens (primary N) is 1. The maximum absolute atomic E-state index is 12.7. The highest BCUT2D eigenvalue weighted by molar-refractivity contribution is 8.18. The molecule has 1 saturated heterocycles. The fourth-order valence-electron chi connectivity index (χ4n) is 4.26. The van der Waals surface area contributed by atoms with Crippen LogP contribution in [-0.2, 0) is 11.3 Å². The summed E-state index contributed by atoms with van der Waals surface area (Å²) in [5.41, 5.74) is 8.35.